The van der Waals surface area contributed by atoms with Crippen molar-refractivity contribution in [3.8, 4) is 6.07 Å². The van der Waals surface area contributed by atoms with E-state index in [1.807, 2.05) is 12.1 Å². The molecular formula is C14H16N4. The quantitative estimate of drug-likeness (QED) is 0.829. The summed E-state index contributed by atoms with van der Waals surface area (Å²) in [6.45, 7) is 4.14. The monoisotopic (exact) mass is 240 g/mol. The number of aryl methyl sites for hydroxylation is 1. The molecule has 1 N–H and O–H groups in total. The van der Waals surface area contributed by atoms with Crippen LogP contribution >= 0.6 is 0 Å². The minimum atomic E-state index is 0.460. The fourth-order valence-electron chi connectivity index (χ4n) is 2.76. The minimum Gasteiger partial charge on any atom is -0.317 e. The fourth-order valence-corrected chi connectivity index (χ4v) is 2.76. The van der Waals surface area contributed by atoms with Crippen LogP contribution in [0.25, 0.3) is 5.52 Å². The summed E-state index contributed by atoms with van der Waals surface area (Å²) in [5.74, 6) is 1.52. The summed E-state index contributed by atoms with van der Waals surface area (Å²) >= 11 is 0. The van der Waals surface area contributed by atoms with Gasteiger partial charge in [-0.3, -0.25) is 4.40 Å². The molecule has 0 amide bonds. The smallest absolute Gasteiger partial charge is 0.166 e. The van der Waals surface area contributed by atoms with Crippen LogP contribution in [-0.2, 0) is 0 Å². The van der Waals surface area contributed by atoms with Gasteiger partial charge in [0.25, 0.3) is 0 Å². The van der Waals surface area contributed by atoms with Crippen molar-refractivity contribution in [1.82, 2.24) is 14.7 Å². The van der Waals surface area contributed by atoms with Gasteiger partial charge >= 0.3 is 0 Å². The van der Waals surface area contributed by atoms with E-state index in [1.165, 1.54) is 0 Å². The minimum absolute atomic E-state index is 0.460. The molecule has 0 spiro atoms. The van der Waals surface area contributed by atoms with Gasteiger partial charge in [-0.2, -0.15) is 5.26 Å². The zero-order chi connectivity index (χ0) is 12.5. The molecule has 2 aromatic rings. The molecule has 0 saturated carbocycles. The van der Waals surface area contributed by atoms with Gasteiger partial charge in [0.2, 0.25) is 0 Å². The third kappa shape index (κ3) is 1.68. The Balaban J connectivity index is 2.19. The maximum Gasteiger partial charge on any atom is 0.166 e. The zero-order valence-corrected chi connectivity index (χ0v) is 10.5. The summed E-state index contributed by atoms with van der Waals surface area (Å²) in [5, 5.41) is 12.6. The Morgan fingerprint density at radius 2 is 2.17 bits per heavy atom. The van der Waals surface area contributed by atoms with Crippen LogP contribution in [0.4, 0.5) is 0 Å². The van der Waals surface area contributed by atoms with E-state index < -0.39 is 0 Å². The third-order valence-electron chi connectivity index (χ3n) is 3.69. The molecule has 0 radical (unpaired) electrons. The van der Waals surface area contributed by atoms with Gasteiger partial charge in [-0.25, -0.2) is 4.98 Å². The number of rotatable bonds is 1. The molecular weight excluding hydrogens is 224 g/mol. The largest absolute Gasteiger partial charge is 0.317 e. The second-order valence-corrected chi connectivity index (χ2v) is 4.84. The third-order valence-corrected chi connectivity index (χ3v) is 3.69. The van der Waals surface area contributed by atoms with Gasteiger partial charge in [-0.15, -0.1) is 0 Å². The van der Waals surface area contributed by atoms with Crippen molar-refractivity contribution in [3.05, 3.63) is 35.4 Å². The summed E-state index contributed by atoms with van der Waals surface area (Å²) in [6.07, 6.45) is 2.19. The number of nitriles is 1. The number of pyridine rings is 1. The van der Waals surface area contributed by atoms with Gasteiger partial charge < -0.3 is 5.32 Å². The van der Waals surface area contributed by atoms with Gasteiger partial charge in [0.15, 0.2) is 5.69 Å². The zero-order valence-electron chi connectivity index (χ0n) is 10.5. The van der Waals surface area contributed by atoms with Crippen molar-refractivity contribution in [1.29, 1.82) is 5.26 Å². The number of nitrogens with zero attached hydrogens (tertiary/aromatic N) is 3. The Morgan fingerprint density at radius 3 is 2.89 bits per heavy atom. The average Bonchev–Trinajstić information content (AvgIpc) is 2.80. The van der Waals surface area contributed by atoms with Gasteiger partial charge in [-0.05, 0) is 45.0 Å². The first-order chi connectivity index (χ1) is 8.81. The summed E-state index contributed by atoms with van der Waals surface area (Å²) in [5.41, 5.74) is 2.63. The second kappa shape index (κ2) is 4.43. The summed E-state index contributed by atoms with van der Waals surface area (Å²) in [7, 11) is 0. The number of fused-ring (bicyclic) bond motifs is 1. The Hall–Kier alpha value is -1.86. The van der Waals surface area contributed by atoms with Crippen LogP contribution in [0, 0.1) is 18.3 Å². The lowest BCUT2D eigenvalue weighted by Crippen LogP contribution is -2.27. The predicted octanol–water partition coefficient (Wildman–Crippen LogP) is 1.98. The highest BCUT2D eigenvalue weighted by molar-refractivity contribution is 5.59. The van der Waals surface area contributed by atoms with E-state index in [1.54, 1.807) is 0 Å². The predicted molar refractivity (Wildman–Crippen MR) is 69.5 cm³/mol. The molecule has 4 heteroatoms. The maximum absolute atomic E-state index is 9.20. The van der Waals surface area contributed by atoms with Crippen LogP contribution in [0.2, 0.25) is 0 Å². The standard InChI is InChI=1S/C14H16N4/c1-10-3-2-4-13-12(9-15)17-14(18(10)13)11-5-7-16-8-6-11/h2-4,11,16H,5-8H2,1H3. The molecule has 0 bridgehead atoms. The number of piperidine rings is 1. The van der Waals surface area contributed by atoms with Crippen molar-refractivity contribution in [3.63, 3.8) is 0 Å². The van der Waals surface area contributed by atoms with Crippen molar-refractivity contribution in [2.45, 2.75) is 25.7 Å². The highest BCUT2D eigenvalue weighted by Crippen LogP contribution is 2.27. The molecule has 3 heterocycles. The molecule has 0 unspecified atom stereocenters. The van der Waals surface area contributed by atoms with E-state index in [4.69, 9.17) is 0 Å². The number of imidazole rings is 1. The molecule has 18 heavy (non-hydrogen) atoms. The normalized spacial score (nSPS) is 16.9. The Labute approximate surface area is 106 Å². The van der Waals surface area contributed by atoms with Crippen LogP contribution < -0.4 is 5.32 Å². The van der Waals surface area contributed by atoms with Crippen LogP contribution in [0.1, 0.15) is 36.0 Å². The average molecular weight is 240 g/mol. The van der Waals surface area contributed by atoms with Gasteiger partial charge in [0.05, 0.1) is 5.52 Å². The molecule has 2 aromatic heterocycles. The number of hydrogen-bond donors (Lipinski definition) is 1. The van der Waals surface area contributed by atoms with E-state index in [0.29, 0.717) is 11.6 Å². The molecule has 92 valence electrons. The molecule has 0 atom stereocenters. The van der Waals surface area contributed by atoms with Crippen molar-refractivity contribution < 1.29 is 0 Å². The van der Waals surface area contributed by atoms with E-state index in [9.17, 15) is 5.26 Å². The Morgan fingerprint density at radius 1 is 1.39 bits per heavy atom. The molecule has 3 rings (SSSR count). The lowest BCUT2D eigenvalue weighted by molar-refractivity contribution is 0.443. The first kappa shape index (κ1) is 11.2. The molecule has 1 aliphatic heterocycles. The van der Waals surface area contributed by atoms with Crippen LogP contribution in [0.15, 0.2) is 18.2 Å². The number of aromatic nitrogens is 2. The van der Waals surface area contributed by atoms with Crippen molar-refractivity contribution in [2.75, 3.05) is 13.1 Å². The summed E-state index contributed by atoms with van der Waals surface area (Å²) in [6, 6.07) is 8.24. The van der Waals surface area contributed by atoms with Crippen LogP contribution in [0.5, 0.6) is 0 Å². The molecule has 1 saturated heterocycles. The molecule has 4 nitrogen and oxygen atoms in total. The van der Waals surface area contributed by atoms with Crippen LogP contribution in [-0.4, -0.2) is 22.5 Å². The lowest BCUT2D eigenvalue weighted by atomic mass is 9.97. The maximum atomic E-state index is 9.20. The summed E-state index contributed by atoms with van der Waals surface area (Å²) in [4.78, 5) is 4.57. The summed E-state index contributed by atoms with van der Waals surface area (Å²) < 4.78 is 2.15. The molecule has 0 aliphatic carbocycles. The molecule has 1 fully saturated rings. The number of hydrogen-bond acceptors (Lipinski definition) is 3. The van der Waals surface area contributed by atoms with E-state index in [-0.39, 0.29) is 0 Å². The first-order valence-corrected chi connectivity index (χ1v) is 6.40. The number of nitrogens with one attached hydrogen (secondary N) is 1. The first-order valence-electron chi connectivity index (χ1n) is 6.40. The van der Waals surface area contributed by atoms with Crippen molar-refractivity contribution in [2.24, 2.45) is 0 Å². The molecule has 0 aromatic carbocycles. The fraction of sp³-hybridized carbons (Fsp3) is 0.429. The molecule has 1 aliphatic rings. The SMILES string of the molecule is Cc1cccc2c(C#N)nc(C3CCNCC3)n12. The second-order valence-electron chi connectivity index (χ2n) is 4.84. The van der Waals surface area contributed by atoms with Crippen LogP contribution in [0.3, 0.4) is 0 Å². The van der Waals surface area contributed by atoms with E-state index in [2.05, 4.69) is 33.8 Å². The van der Waals surface area contributed by atoms with E-state index in [0.717, 1.165) is 43.0 Å². The Bertz CT molecular complexity index is 614. The van der Waals surface area contributed by atoms with E-state index >= 15 is 0 Å². The van der Waals surface area contributed by atoms with Gasteiger partial charge in [0, 0.05) is 11.6 Å². The Kier molecular flexibility index (Phi) is 2.77. The van der Waals surface area contributed by atoms with Gasteiger partial charge in [-0.1, -0.05) is 6.07 Å². The lowest BCUT2D eigenvalue weighted by Gasteiger charge is -2.22. The topological polar surface area (TPSA) is 53.1 Å². The highest BCUT2D eigenvalue weighted by atomic mass is 15.0. The highest BCUT2D eigenvalue weighted by Gasteiger charge is 2.22. The van der Waals surface area contributed by atoms with Gasteiger partial charge in [0.1, 0.15) is 11.9 Å². The van der Waals surface area contributed by atoms with Crippen molar-refractivity contribution >= 4 is 5.52 Å².